The molecule has 0 radical (unpaired) electrons. The lowest BCUT2D eigenvalue weighted by Crippen LogP contribution is -2.48. The number of carboxylic acids is 1. The molecule has 39 heavy (non-hydrogen) atoms. The maximum Gasteiger partial charge on any atom is 0.323 e. The van der Waals surface area contributed by atoms with Crippen molar-refractivity contribution in [3.05, 3.63) is 76.7 Å². The van der Waals surface area contributed by atoms with Gasteiger partial charge in [-0.2, -0.15) is 4.72 Å². The number of sulfonamides is 1. The number of aliphatic carboxylic acids is 1. The van der Waals surface area contributed by atoms with Crippen molar-refractivity contribution in [3.8, 4) is 5.75 Å². The SMILES string of the molecule is Cl.N=C(N)NCCCCOc1ccn2c(=O)cc(C(=O)NCC(NS(=O)(=O)c3ccccc3)C(=O)O)cc2c1. The molecule has 1 aromatic carbocycles. The first-order valence-electron chi connectivity index (χ1n) is 11.5. The lowest BCUT2D eigenvalue weighted by Gasteiger charge is -2.16. The van der Waals surface area contributed by atoms with Crippen LogP contribution in [-0.2, 0) is 14.8 Å². The van der Waals surface area contributed by atoms with Crippen molar-refractivity contribution in [1.29, 1.82) is 5.41 Å². The van der Waals surface area contributed by atoms with Crippen molar-refractivity contribution in [3.63, 3.8) is 0 Å². The summed E-state index contributed by atoms with van der Waals surface area (Å²) in [6, 6.07) is 11.3. The Balaban J connectivity index is 0.00000533. The normalized spacial score (nSPS) is 11.7. The van der Waals surface area contributed by atoms with Crippen LogP contribution in [0.15, 0.2) is 70.5 Å². The number of carbonyl (C=O) groups excluding carboxylic acids is 1. The molecular formula is C24H29ClN6O7S. The molecule has 0 saturated carbocycles. The van der Waals surface area contributed by atoms with Gasteiger partial charge >= 0.3 is 5.97 Å². The highest BCUT2D eigenvalue weighted by Crippen LogP contribution is 2.15. The number of amides is 1. The zero-order valence-electron chi connectivity index (χ0n) is 20.6. The summed E-state index contributed by atoms with van der Waals surface area (Å²) in [5.74, 6) is -1.86. The van der Waals surface area contributed by atoms with Gasteiger partial charge in [-0.25, -0.2) is 8.42 Å². The van der Waals surface area contributed by atoms with Gasteiger partial charge in [0.15, 0.2) is 5.96 Å². The second kappa shape index (κ2) is 14.1. The third-order valence-electron chi connectivity index (χ3n) is 5.31. The first kappa shape index (κ1) is 31.1. The van der Waals surface area contributed by atoms with Crippen LogP contribution in [0, 0.1) is 5.41 Å². The molecule has 13 nitrogen and oxygen atoms in total. The number of pyridine rings is 2. The minimum absolute atomic E-state index is 0. The van der Waals surface area contributed by atoms with Crippen LogP contribution in [0.1, 0.15) is 23.2 Å². The zero-order valence-corrected chi connectivity index (χ0v) is 22.3. The molecule has 1 amide bonds. The van der Waals surface area contributed by atoms with Crippen LogP contribution in [0.4, 0.5) is 0 Å². The highest BCUT2D eigenvalue weighted by atomic mass is 35.5. The van der Waals surface area contributed by atoms with E-state index >= 15 is 0 Å². The third kappa shape index (κ3) is 8.98. The number of ether oxygens (including phenoxy) is 1. The summed E-state index contributed by atoms with van der Waals surface area (Å²) in [5.41, 5.74) is 5.07. The van der Waals surface area contributed by atoms with Gasteiger partial charge in [-0.15, -0.1) is 12.4 Å². The topological polar surface area (TPSA) is 205 Å². The van der Waals surface area contributed by atoms with Crippen molar-refractivity contribution in [2.45, 2.75) is 23.8 Å². The minimum atomic E-state index is -4.14. The molecule has 0 spiro atoms. The summed E-state index contributed by atoms with van der Waals surface area (Å²) >= 11 is 0. The molecule has 1 atom stereocenters. The van der Waals surface area contributed by atoms with Gasteiger partial charge in [-0.1, -0.05) is 18.2 Å². The van der Waals surface area contributed by atoms with Crippen molar-refractivity contribution in [2.24, 2.45) is 5.73 Å². The van der Waals surface area contributed by atoms with E-state index in [4.69, 9.17) is 15.9 Å². The van der Waals surface area contributed by atoms with Gasteiger partial charge < -0.3 is 26.2 Å². The molecular weight excluding hydrogens is 552 g/mol. The molecule has 210 valence electrons. The molecule has 15 heteroatoms. The van der Waals surface area contributed by atoms with Gasteiger partial charge in [0.1, 0.15) is 11.8 Å². The fourth-order valence-electron chi connectivity index (χ4n) is 3.41. The van der Waals surface area contributed by atoms with Crippen LogP contribution in [0.2, 0.25) is 0 Å². The van der Waals surface area contributed by atoms with E-state index in [2.05, 4.69) is 15.4 Å². The van der Waals surface area contributed by atoms with E-state index in [0.717, 1.165) is 12.5 Å². The Morgan fingerprint density at radius 3 is 2.46 bits per heavy atom. The fourth-order valence-corrected chi connectivity index (χ4v) is 4.62. The van der Waals surface area contributed by atoms with E-state index in [1.807, 2.05) is 0 Å². The molecule has 0 aliphatic heterocycles. The summed E-state index contributed by atoms with van der Waals surface area (Å²) in [6.07, 6.45) is 2.93. The first-order valence-corrected chi connectivity index (χ1v) is 13.0. The molecule has 0 saturated heterocycles. The fraction of sp³-hybridized carbons (Fsp3) is 0.250. The van der Waals surface area contributed by atoms with Crippen LogP contribution in [0.25, 0.3) is 5.52 Å². The Morgan fingerprint density at radius 2 is 1.79 bits per heavy atom. The van der Waals surface area contributed by atoms with Crippen molar-refractivity contribution in [2.75, 3.05) is 19.7 Å². The Kier molecular flexibility index (Phi) is 11.3. The predicted octanol–water partition coefficient (Wildman–Crippen LogP) is 0.525. The van der Waals surface area contributed by atoms with Crippen LogP contribution >= 0.6 is 12.4 Å². The first-order chi connectivity index (χ1) is 18.1. The maximum absolute atomic E-state index is 12.7. The average molecular weight is 581 g/mol. The number of rotatable bonds is 13. The number of carbonyl (C=O) groups is 2. The Morgan fingerprint density at radius 1 is 1.08 bits per heavy atom. The number of nitrogens with one attached hydrogen (secondary N) is 4. The van der Waals surface area contributed by atoms with Crippen molar-refractivity contribution in [1.82, 2.24) is 19.8 Å². The van der Waals surface area contributed by atoms with E-state index in [0.29, 0.717) is 30.8 Å². The highest BCUT2D eigenvalue weighted by molar-refractivity contribution is 7.89. The largest absolute Gasteiger partial charge is 0.493 e. The quantitative estimate of drug-likeness (QED) is 0.0945. The number of fused-ring (bicyclic) bond motifs is 1. The van der Waals surface area contributed by atoms with E-state index in [1.165, 1.54) is 40.9 Å². The lowest BCUT2D eigenvalue weighted by molar-refractivity contribution is -0.138. The van der Waals surface area contributed by atoms with E-state index in [1.54, 1.807) is 18.2 Å². The van der Waals surface area contributed by atoms with Crippen LogP contribution < -0.4 is 31.4 Å². The smallest absolute Gasteiger partial charge is 0.323 e. The van der Waals surface area contributed by atoms with Crippen molar-refractivity contribution >= 4 is 45.8 Å². The molecule has 0 aliphatic carbocycles. The van der Waals surface area contributed by atoms with Gasteiger partial charge in [-0.3, -0.25) is 24.2 Å². The summed E-state index contributed by atoms with van der Waals surface area (Å²) in [4.78, 5) is 36.7. The number of halogens is 1. The summed E-state index contributed by atoms with van der Waals surface area (Å²) in [5, 5.41) is 21.6. The number of benzene rings is 1. The second-order valence-electron chi connectivity index (χ2n) is 8.17. The Hall–Kier alpha value is -4.14. The van der Waals surface area contributed by atoms with Gasteiger partial charge in [-0.05, 0) is 37.1 Å². The summed E-state index contributed by atoms with van der Waals surface area (Å²) in [6.45, 7) is 0.373. The lowest BCUT2D eigenvalue weighted by atomic mass is 10.2. The number of hydrogen-bond acceptors (Lipinski definition) is 7. The summed E-state index contributed by atoms with van der Waals surface area (Å²) < 4.78 is 34.0. The van der Waals surface area contributed by atoms with Gasteiger partial charge in [0.25, 0.3) is 11.5 Å². The molecule has 3 aromatic rings. The number of hydrogen-bond donors (Lipinski definition) is 6. The standard InChI is InChI=1S/C24H28N6O7S.ClH/c25-24(26)27-9-4-5-11-37-18-8-10-30-17(14-18)12-16(13-21(30)31)22(32)28-15-20(23(33)34)29-38(35,36)19-6-2-1-3-7-19;/h1-3,6-8,10,12-14,20,29H,4-5,9,11,15H2,(H,28,32)(H,33,34)(H4,25,26,27);1H. The van der Waals surface area contributed by atoms with E-state index < -0.39 is 40.0 Å². The number of carboxylic acid groups (broad SMARTS) is 1. The van der Waals surface area contributed by atoms with Gasteiger partial charge in [0, 0.05) is 37.0 Å². The maximum atomic E-state index is 12.7. The monoisotopic (exact) mass is 580 g/mol. The number of unbranched alkanes of at least 4 members (excludes halogenated alkanes) is 1. The number of guanidine groups is 1. The van der Waals surface area contributed by atoms with Crippen LogP contribution in [-0.4, -0.2) is 61.5 Å². The molecule has 7 N–H and O–H groups in total. The highest BCUT2D eigenvalue weighted by Gasteiger charge is 2.26. The number of aromatic nitrogens is 1. The summed E-state index contributed by atoms with van der Waals surface area (Å²) in [7, 11) is -4.14. The molecule has 2 aromatic heterocycles. The van der Waals surface area contributed by atoms with E-state index in [-0.39, 0.29) is 28.8 Å². The number of nitrogens with two attached hydrogens (primary N) is 1. The second-order valence-corrected chi connectivity index (χ2v) is 9.88. The van der Waals surface area contributed by atoms with E-state index in [9.17, 15) is 27.9 Å². The van der Waals surface area contributed by atoms with Crippen LogP contribution in [0.3, 0.4) is 0 Å². The zero-order chi connectivity index (χ0) is 27.7. The third-order valence-corrected chi connectivity index (χ3v) is 6.80. The predicted molar refractivity (Wildman–Crippen MR) is 146 cm³/mol. The van der Waals surface area contributed by atoms with Gasteiger partial charge in [0.05, 0.1) is 17.0 Å². The molecule has 2 heterocycles. The number of nitrogens with zero attached hydrogens (tertiary/aromatic N) is 1. The minimum Gasteiger partial charge on any atom is -0.493 e. The molecule has 0 bridgehead atoms. The molecule has 0 aliphatic rings. The molecule has 1 unspecified atom stereocenters. The Labute approximate surface area is 230 Å². The van der Waals surface area contributed by atoms with Crippen LogP contribution in [0.5, 0.6) is 5.75 Å². The molecule has 3 rings (SSSR count). The molecule has 0 fully saturated rings. The average Bonchev–Trinajstić information content (AvgIpc) is 2.88. The Bertz CT molecular complexity index is 1480. The van der Waals surface area contributed by atoms with Crippen molar-refractivity contribution < 1.29 is 27.9 Å². The van der Waals surface area contributed by atoms with Gasteiger partial charge in [0.2, 0.25) is 10.0 Å².